The van der Waals surface area contributed by atoms with Crippen molar-refractivity contribution in [3.05, 3.63) is 68.4 Å². The van der Waals surface area contributed by atoms with Crippen LogP contribution in [0.5, 0.6) is 0 Å². The maximum absolute atomic E-state index is 13.0. The van der Waals surface area contributed by atoms with Gasteiger partial charge >= 0.3 is 0 Å². The fourth-order valence-corrected chi connectivity index (χ4v) is 2.65. The van der Waals surface area contributed by atoms with Gasteiger partial charge in [0, 0.05) is 16.0 Å². The standard InChI is InChI=1S/C16H16BrClFN/c1-11-8-15(19)4-2-12(11)6-7-20-10-13-9-14(18)3-5-16(13)17/h2-5,8-9,20H,6-7,10H2,1H3. The highest BCUT2D eigenvalue weighted by Crippen LogP contribution is 2.21. The van der Waals surface area contributed by atoms with Gasteiger partial charge in [-0.2, -0.15) is 0 Å². The molecule has 0 unspecified atom stereocenters. The van der Waals surface area contributed by atoms with Crippen molar-refractivity contribution >= 4 is 27.5 Å². The van der Waals surface area contributed by atoms with E-state index in [1.807, 2.05) is 31.2 Å². The normalized spacial score (nSPS) is 10.8. The molecule has 0 heterocycles. The molecule has 0 aliphatic carbocycles. The molecule has 20 heavy (non-hydrogen) atoms. The highest BCUT2D eigenvalue weighted by atomic mass is 79.9. The predicted octanol–water partition coefficient (Wildman–Crippen LogP) is 4.88. The van der Waals surface area contributed by atoms with Crippen LogP contribution in [0.1, 0.15) is 16.7 Å². The molecule has 0 aliphatic rings. The Kier molecular flexibility index (Phi) is 5.58. The van der Waals surface area contributed by atoms with Crippen molar-refractivity contribution in [2.75, 3.05) is 6.54 Å². The van der Waals surface area contributed by atoms with Crippen molar-refractivity contribution in [2.24, 2.45) is 0 Å². The number of benzene rings is 2. The number of nitrogens with one attached hydrogen (secondary N) is 1. The van der Waals surface area contributed by atoms with Crippen molar-refractivity contribution in [1.29, 1.82) is 0 Å². The molecule has 0 radical (unpaired) electrons. The van der Waals surface area contributed by atoms with Crippen molar-refractivity contribution in [1.82, 2.24) is 5.32 Å². The van der Waals surface area contributed by atoms with Crippen molar-refractivity contribution in [3.63, 3.8) is 0 Å². The second-order valence-electron chi connectivity index (χ2n) is 4.73. The zero-order chi connectivity index (χ0) is 14.5. The fourth-order valence-electron chi connectivity index (χ4n) is 2.06. The average Bonchev–Trinajstić information content (AvgIpc) is 2.40. The molecule has 0 atom stereocenters. The van der Waals surface area contributed by atoms with Crippen LogP contribution in [0.25, 0.3) is 0 Å². The summed E-state index contributed by atoms with van der Waals surface area (Å²) in [5, 5.41) is 4.11. The molecule has 0 bridgehead atoms. The van der Waals surface area contributed by atoms with Crippen molar-refractivity contribution < 1.29 is 4.39 Å². The molecule has 2 aromatic carbocycles. The van der Waals surface area contributed by atoms with Crippen LogP contribution in [0.3, 0.4) is 0 Å². The molecule has 0 aliphatic heterocycles. The zero-order valence-electron chi connectivity index (χ0n) is 11.2. The first kappa shape index (κ1) is 15.5. The Morgan fingerprint density at radius 1 is 1.15 bits per heavy atom. The van der Waals surface area contributed by atoms with E-state index in [0.29, 0.717) is 0 Å². The highest BCUT2D eigenvalue weighted by molar-refractivity contribution is 9.10. The molecule has 1 N–H and O–H groups in total. The summed E-state index contributed by atoms with van der Waals surface area (Å²) in [6, 6.07) is 10.7. The van der Waals surface area contributed by atoms with E-state index in [2.05, 4.69) is 21.2 Å². The summed E-state index contributed by atoms with van der Waals surface area (Å²) in [4.78, 5) is 0. The quantitative estimate of drug-likeness (QED) is 0.753. The van der Waals surface area contributed by atoms with Gasteiger partial charge < -0.3 is 5.32 Å². The second kappa shape index (κ2) is 7.21. The molecule has 0 spiro atoms. The van der Waals surface area contributed by atoms with Crippen LogP contribution < -0.4 is 5.32 Å². The van der Waals surface area contributed by atoms with Crippen LogP contribution in [0, 0.1) is 12.7 Å². The van der Waals surface area contributed by atoms with Crippen LogP contribution in [-0.2, 0) is 13.0 Å². The summed E-state index contributed by atoms with van der Waals surface area (Å²) in [6.07, 6.45) is 0.879. The first-order valence-corrected chi connectivity index (χ1v) is 7.63. The van der Waals surface area contributed by atoms with Gasteiger partial charge in [-0.05, 0) is 66.9 Å². The molecular formula is C16H16BrClFN. The molecule has 2 aromatic rings. The van der Waals surface area contributed by atoms with Crippen molar-refractivity contribution in [2.45, 2.75) is 19.9 Å². The maximum Gasteiger partial charge on any atom is 0.123 e. The number of rotatable bonds is 5. The lowest BCUT2D eigenvalue weighted by molar-refractivity contribution is 0.624. The van der Waals surface area contributed by atoms with E-state index in [0.717, 1.165) is 40.1 Å². The third-order valence-corrected chi connectivity index (χ3v) is 4.21. The minimum atomic E-state index is -0.179. The van der Waals surface area contributed by atoms with Crippen LogP contribution in [0.4, 0.5) is 4.39 Å². The molecule has 106 valence electrons. The molecule has 0 saturated carbocycles. The summed E-state index contributed by atoms with van der Waals surface area (Å²) in [7, 11) is 0. The first-order chi connectivity index (χ1) is 9.56. The summed E-state index contributed by atoms with van der Waals surface area (Å²) in [5.74, 6) is -0.179. The molecule has 0 aromatic heterocycles. The van der Waals surface area contributed by atoms with Gasteiger partial charge in [-0.1, -0.05) is 33.6 Å². The van der Waals surface area contributed by atoms with Crippen LogP contribution in [-0.4, -0.2) is 6.54 Å². The molecule has 0 saturated heterocycles. The molecule has 0 fully saturated rings. The summed E-state index contributed by atoms with van der Waals surface area (Å²) < 4.78 is 14.1. The van der Waals surface area contributed by atoms with Gasteiger partial charge in [0.2, 0.25) is 0 Å². The van der Waals surface area contributed by atoms with E-state index in [9.17, 15) is 4.39 Å². The van der Waals surface area contributed by atoms with Gasteiger partial charge in [0.05, 0.1) is 0 Å². The SMILES string of the molecule is Cc1cc(F)ccc1CCNCc1cc(Cl)ccc1Br. The van der Waals surface area contributed by atoms with Gasteiger partial charge in [-0.15, -0.1) is 0 Å². The zero-order valence-corrected chi connectivity index (χ0v) is 13.6. The Labute approximate surface area is 132 Å². The average molecular weight is 357 g/mol. The fraction of sp³-hybridized carbons (Fsp3) is 0.250. The lowest BCUT2D eigenvalue weighted by atomic mass is 10.1. The van der Waals surface area contributed by atoms with Crippen LogP contribution in [0.2, 0.25) is 5.02 Å². The molecule has 2 rings (SSSR count). The highest BCUT2D eigenvalue weighted by Gasteiger charge is 2.02. The van der Waals surface area contributed by atoms with Gasteiger partial charge in [-0.3, -0.25) is 0 Å². The van der Waals surface area contributed by atoms with E-state index in [4.69, 9.17) is 11.6 Å². The van der Waals surface area contributed by atoms with Crippen molar-refractivity contribution in [3.8, 4) is 0 Å². The van der Waals surface area contributed by atoms with E-state index < -0.39 is 0 Å². The Morgan fingerprint density at radius 3 is 2.70 bits per heavy atom. The monoisotopic (exact) mass is 355 g/mol. The first-order valence-electron chi connectivity index (χ1n) is 6.46. The predicted molar refractivity (Wildman–Crippen MR) is 85.7 cm³/mol. The maximum atomic E-state index is 13.0. The molecule has 1 nitrogen and oxygen atoms in total. The Bertz CT molecular complexity index is 601. The van der Waals surface area contributed by atoms with Gasteiger partial charge in [0.15, 0.2) is 0 Å². The van der Waals surface area contributed by atoms with Gasteiger partial charge in [0.25, 0.3) is 0 Å². The molecular weight excluding hydrogens is 341 g/mol. The summed E-state index contributed by atoms with van der Waals surface area (Å²) in [6.45, 7) is 3.53. The van der Waals surface area contributed by atoms with Crippen LogP contribution in [0.15, 0.2) is 40.9 Å². The number of hydrogen-bond donors (Lipinski definition) is 1. The minimum absolute atomic E-state index is 0.179. The second-order valence-corrected chi connectivity index (χ2v) is 6.02. The summed E-state index contributed by atoms with van der Waals surface area (Å²) >= 11 is 9.48. The minimum Gasteiger partial charge on any atom is -0.312 e. The van der Waals surface area contributed by atoms with Crippen LogP contribution >= 0.6 is 27.5 Å². The molecule has 4 heteroatoms. The Morgan fingerprint density at radius 2 is 1.95 bits per heavy atom. The number of halogens is 3. The Balaban J connectivity index is 1.86. The lowest BCUT2D eigenvalue weighted by Crippen LogP contribution is -2.17. The molecule has 0 amide bonds. The van der Waals surface area contributed by atoms with Gasteiger partial charge in [0.1, 0.15) is 5.82 Å². The Hall–Kier alpha value is -0.900. The largest absolute Gasteiger partial charge is 0.312 e. The lowest BCUT2D eigenvalue weighted by Gasteiger charge is -2.09. The number of hydrogen-bond acceptors (Lipinski definition) is 1. The number of aryl methyl sites for hydroxylation is 1. The van der Waals surface area contributed by atoms with E-state index >= 15 is 0 Å². The topological polar surface area (TPSA) is 12.0 Å². The third-order valence-electron chi connectivity index (χ3n) is 3.20. The van der Waals surface area contributed by atoms with E-state index in [-0.39, 0.29) is 5.82 Å². The van der Waals surface area contributed by atoms with E-state index in [1.54, 1.807) is 6.07 Å². The summed E-state index contributed by atoms with van der Waals surface area (Å²) in [5.41, 5.74) is 3.30. The smallest absolute Gasteiger partial charge is 0.123 e. The van der Waals surface area contributed by atoms with Gasteiger partial charge in [-0.25, -0.2) is 4.39 Å². The van der Waals surface area contributed by atoms with E-state index in [1.165, 1.54) is 11.6 Å². The third kappa shape index (κ3) is 4.30.